The lowest BCUT2D eigenvalue weighted by molar-refractivity contribution is -0.0695. The molecule has 3 nitrogen and oxygen atoms in total. The number of rotatable bonds is 3. The average Bonchev–Trinajstić information content (AvgIpc) is 2.26. The molecule has 4 atom stereocenters. The monoisotopic (exact) mass is 253 g/mol. The number of ether oxygens (including phenoxy) is 2. The molecule has 0 radical (unpaired) electrons. The number of hydrogen-bond acceptors (Lipinski definition) is 3. The van der Waals surface area contributed by atoms with Gasteiger partial charge in [-0.15, -0.1) is 23.2 Å². The summed E-state index contributed by atoms with van der Waals surface area (Å²) >= 11 is 12.3. The molecule has 0 fully saturated rings. The SMILES string of the molecule is COC1(C)C=NC(CCl)C(C)(OC)C1Cl. The average molecular weight is 254 g/mol. The predicted molar refractivity (Wildman–Crippen MR) is 63.5 cm³/mol. The standard InChI is InChI=1S/C10H17Cl2NO2/c1-9(14-3)6-13-7(5-11)10(2,15-4)8(9)12/h6-8H,5H2,1-4H3. The molecular weight excluding hydrogens is 237 g/mol. The topological polar surface area (TPSA) is 30.8 Å². The van der Waals surface area contributed by atoms with Crippen LogP contribution in [-0.2, 0) is 9.47 Å². The molecule has 0 amide bonds. The molecule has 5 heteroatoms. The van der Waals surface area contributed by atoms with Gasteiger partial charge in [0.25, 0.3) is 0 Å². The van der Waals surface area contributed by atoms with Gasteiger partial charge in [0, 0.05) is 26.3 Å². The van der Waals surface area contributed by atoms with Crippen molar-refractivity contribution < 1.29 is 9.47 Å². The summed E-state index contributed by atoms with van der Waals surface area (Å²) in [6, 6.07) is -0.144. The Bertz CT molecular complexity index is 262. The Morgan fingerprint density at radius 1 is 1.33 bits per heavy atom. The molecule has 15 heavy (non-hydrogen) atoms. The lowest BCUT2D eigenvalue weighted by Crippen LogP contribution is -2.62. The fourth-order valence-corrected chi connectivity index (χ4v) is 2.54. The van der Waals surface area contributed by atoms with Crippen LogP contribution < -0.4 is 0 Å². The lowest BCUT2D eigenvalue weighted by atomic mass is 9.81. The Morgan fingerprint density at radius 3 is 2.33 bits per heavy atom. The van der Waals surface area contributed by atoms with Gasteiger partial charge < -0.3 is 9.47 Å². The van der Waals surface area contributed by atoms with Crippen molar-refractivity contribution >= 4 is 29.4 Å². The van der Waals surface area contributed by atoms with Crippen molar-refractivity contribution in [3.63, 3.8) is 0 Å². The molecule has 0 saturated heterocycles. The molecular formula is C10H17Cl2NO2. The Labute approximate surface area is 101 Å². The quantitative estimate of drug-likeness (QED) is 0.722. The Kier molecular flexibility index (Phi) is 4.04. The van der Waals surface area contributed by atoms with Gasteiger partial charge in [0.1, 0.15) is 11.2 Å². The van der Waals surface area contributed by atoms with Crippen LogP contribution >= 0.6 is 23.2 Å². The van der Waals surface area contributed by atoms with Crippen LogP contribution in [0.25, 0.3) is 0 Å². The van der Waals surface area contributed by atoms with E-state index in [0.29, 0.717) is 5.88 Å². The highest BCUT2D eigenvalue weighted by Crippen LogP contribution is 2.38. The number of aliphatic imine (C=N–C) groups is 1. The van der Waals surface area contributed by atoms with Crippen LogP contribution in [0.4, 0.5) is 0 Å². The molecule has 0 N–H and O–H groups in total. The van der Waals surface area contributed by atoms with E-state index in [1.165, 1.54) is 0 Å². The second-order valence-electron chi connectivity index (χ2n) is 4.09. The van der Waals surface area contributed by atoms with Crippen molar-refractivity contribution in [1.82, 2.24) is 0 Å². The second-order valence-corrected chi connectivity index (χ2v) is 4.83. The smallest absolute Gasteiger partial charge is 0.119 e. The number of nitrogens with zero attached hydrogens (tertiary/aromatic N) is 1. The van der Waals surface area contributed by atoms with Crippen molar-refractivity contribution in [2.45, 2.75) is 36.5 Å². The maximum Gasteiger partial charge on any atom is 0.119 e. The summed E-state index contributed by atoms with van der Waals surface area (Å²) in [5, 5.41) is -0.332. The molecule has 1 rings (SSSR count). The van der Waals surface area contributed by atoms with Gasteiger partial charge in [0.2, 0.25) is 0 Å². The predicted octanol–water partition coefficient (Wildman–Crippen LogP) is 2.10. The van der Waals surface area contributed by atoms with E-state index < -0.39 is 11.2 Å². The molecule has 0 aliphatic carbocycles. The molecule has 1 aliphatic heterocycles. The summed E-state index contributed by atoms with van der Waals surface area (Å²) in [4.78, 5) is 4.36. The van der Waals surface area contributed by atoms with Gasteiger partial charge in [-0.3, -0.25) is 4.99 Å². The highest BCUT2D eigenvalue weighted by molar-refractivity contribution is 6.24. The zero-order chi connectivity index (χ0) is 11.7. The fourth-order valence-electron chi connectivity index (χ4n) is 1.78. The number of alkyl halides is 2. The number of halogens is 2. The molecule has 88 valence electrons. The molecule has 0 bridgehead atoms. The third-order valence-electron chi connectivity index (χ3n) is 3.20. The minimum absolute atomic E-state index is 0.144. The van der Waals surface area contributed by atoms with Crippen molar-refractivity contribution in [2.24, 2.45) is 4.99 Å². The summed E-state index contributed by atoms with van der Waals surface area (Å²) in [6.45, 7) is 3.79. The zero-order valence-electron chi connectivity index (χ0n) is 9.46. The van der Waals surface area contributed by atoms with Gasteiger partial charge in [-0.25, -0.2) is 0 Å². The van der Waals surface area contributed by atoms with Gasteiger partial charge in [0.05, 0.1) is 11.4 Å². The van der Waals surface area contributed by atoms with Crippen LogP contribution in [0.1, 0.15) is 13.8 Å². The van der Waals surface area contributed by atoms with Crippen molar-refractivity contribution in [2.75, 3.05) is 20.1 Å². The van der Waals surface area contributed by atoms with E-state index in [9.17, 15) is 0 Å². The molecule has 0 saturated carbocycles. The van der Waals surface area contributed by atoms with E-state index >= 15 is 0 Å². The van der Waals surface area contributed by atoms with Gasteiger partial charge in [-0.1, -0.05) is 0 Å². The molecule has 1 heterocycles. The van der Waals surface area contributed by atoms with Crippen LogP contribution in [0.15, 0.2) is 4.99 Å². The first-order valence-corrected chi connectivity index (χ1v) is 5.76. The summed E-state index contributed by atoms with van der Waals surface area (Å²) < 4.78 is 10.9. The highest BCUT2D eigenvalue weighted by atomic mass is 35.5. The van der Waals surface area contributed by atoms with E-state index in [4.69, 9.17) is 32.7 Å². The van der Waals surface area contributed by atoms with Crippen molar-refractivity contribution in [1.29, 1.82) is 0 Å². The van der Waals surface area contributed by atoms with Gasteiger partial charge in [-0.05, 0) is 13.8 Å². The lowest BCUT2D eigenvalue weighted by Gasteiger charge is -2.46. The third-order valence-corrected chi connectivity index (χ3v) is 4.36. The second kappa shape index (κ2) is 4.58. The minimum Gasteiger partial charge on any atom is -0.375 e. The first-order chi connectivity index (χ1) is 6.94. The Morgan fingerprint density at radius 2 is 1.93 bits per heavy atom. The fraction of sp³-hybridized carbons (Fsp3) is 0.900. The summed E-state index contributed by atoms with van der Waals surface area (Å²) in [6.07, 6.45) is 1.72. The van der Waals surface area contributed by atoms with Crippen LogP contribution in [0.3, 0.4) is 0 Å². The normalized spacial score (nSPS) is 45.7. The van der Waals surface area contributed by atoms with Gasteiger partial charge >= 0.3 is 0 Å². The summed E-state index contributed by atoms with van der Waals surface area (Å²) in [5.74, 6) is 0.379. The van der Waals surface area contributed by atoms with Crippen LogP contribution in [-0.4, -0.2) is 48.9 Å². The largest absolute Gasteiger partial charge is 0.375 e. The van der Waals surface area contributed by atoms with E-state index in [1.807, 2.05) is 13.8 Å². The maximum absolute atomic E-state index is 6.40. The molecule has 0 aromatic heterocycles. The van der Waals surface area contributed by atoms with Crippen LogP contribution in [0, 0.1) is 0 Å². The van der Waals surface area contributed by atoms with E-state index in [-0.39, 0.29) is 11.4 Å². The van der Waals surface area contributed by atoms with E-state index in [1.54, 1.807) is 20.4 Å². The minimum atomic E-state index is -0.616. The molecule has 0 aromatic carbocycles. The Balaban J connectivity index is 3.10. The third kappa shape index (κ3) is 2.03. The highest BCUT2D eigenvalue weighted by Gasteiger charge is 2.52. The van der Waals surface area contributed by atoms with Crippen LogP contribution in [0.2, 0.25) is 0 Å². The van der Waals surface area contributed by atoms with Crippen molar-refractivity contribution in [3.05, 3.63) is 0 Å². The Hall–Kier alpha value is 0.170. The van der Waals surface area contributed by atoms with Gasteiger partial charge in [0.15, 0.2) is 0 Å². The molecule has 1 aliphatic rings. The number of methoxy groups -OCH3 is 2. The zero-order valence-corrected chi connectivity index (χ0v) is 11.0. The maximum atomic E-state index is 6.40. The summed E-state index contributed by atoms with van der Waals surface area (Å²) in [7, 11) is 3.23. The van der Waals surface area contributed by atoms with Crippen LogP contribution in [0.5, 0.6) is 0 Å². The van der Waals surface area contributed by atoms with E-state index in [2.05, 4.69) is 4.99 Å². The first-order valence-electron chi connectivity index (χ1n) is 4.79. The van der Waals surface area contributed by atoms with E-state index in [0.717, 1.165) is 0 Å². The number of hydrogen-bond donors (Lipinski definition) is 0. The van der Waals surface area contributed by atoms with Gasteiger partial charge in [-0.2, -0.15) is 0 Å². The molecule has 0 aromatic rings. The summed E-state index contributed by atoms with van der Waals surface area (Å²) in [5.41, 5.74) is -1.22. The van der Waals surface area contributed by atoms with Crippen molar-refractivity contribution in [3.8, 4) is 0 Å². The molecule has 4 unspecified atom stereocenters. The first kappa shape index (κ1) is 13.2. The molecule has 0 spiro atoms.